The highest BCUT2D eigenvalue weighted by atomic mass is 32.2. The molecule has 1 aromatic carbocycles. The maximum Gasteiger partial charge on any atom is 0.180 e. The molecule has 3 unspecified atom stereocenters. The number of sulfone groups is 1. The number of rotatable bonds is 3. The molecule has 5 atom stereocenters. The third-order valence-electron chi connectivity index (χ3n) is 5.76. The van der Waals surface area contributed by atoms with Gasteiger partial charge >= 0.3 is 0 Å². The van der Waals surface area contributed by atoms with Gasteiger partial charge in [0.2, 0.25) is 0 Å². The summed E-state index contributed by atoms with van der Waals surface area (Å²) in [5.74, 6) is 1.70. The Morgan fingerprint density at radius 1 is 1.09 bits per heavy atom. The Morgan fingerprint density at radius 3 is 2.45 bits per heavy atom. The fourth-order valence-corrected chi connectivity index (χ4v) is 6.51. The average Bonchev–Trinajstić information content (AvgIpc) is 3.10. The lowest BCUT2D eigenvalue weighted by Crippen LogP contribution is -2.32. The van der Waals surface area contributed by atoms with Crippen LogP contribution in [-0.2, 0) is 14.6 Å². The molecular formula is C17H23NO3S. The first-order valence-electron chi connectivity index (χ1n) is 8.17. The number of benzene rings is 1. The third kappa shape index (κ3) is 2.39. The van der Waals surface area contributed by atoms with Crippen LogP contribution in [0.2, 0.25) is 0 Å². The maximum atomic E-state index is 12.3. The van der Waals surface area contributed by atoms with Gasteiger partial charge in [-0.3, -0.25) is 0 Å². The van der Waals surface area contributed by atoms with Gasteiger partial charge < -0.3 is 10.1 Å². The van der Waals surface area contributed by atoms with Crippen LogP contribution in [0.15, 0.2) is 29.2 Å². The van der Waals surface area contributed by atoms with Crippen molar-refractivity contribution in [1.29, 1.82) is 0 Å². The van der Waals surface area contributed by atoms with Gasteiger partial charge in [-0.2, -0.15) is 0 Å². The highest BCUT2D eigenvalue weighted by molar-refractivity contribution is 7.91. The lowest BCUT2D eigenvalue weighted by molar-refractivity contribution is 0.100. The molecule has 1 aliphatic heterocycles. The van der Waals surface area contributed by atoms with Crippen LogP contribution in [-0.4, -0.2) is 33.4 Å². The molecule has 0 radical (unpaired) electrons. The van der Waals surface area contributed by atoms with E-state index in [0.717, 1.165) is 30.2 Å². The summed E-state index contributed by atoms with van der Waals surface area (Å²) in [4.78, 5) is 0.519. The Labute approximate surface area is 132 Å². The smallest absolute Gasteiger partial charge is 0.180 e. The number of nitrogens with one attached hydrogen (secondary N) is 1. The van der Waals surface area contributed by atoms with E-state index in [4.69, 9.17) is 4.74 Å². The van der Waals surface area contributed by atoms with Crippen molar-refractivity contribution in [2.24, 2.45) is 11.8 Å². The van der Waals surface area contributed by atoms with Crippen LogP contribution in [0.25, 0.3) is 0 Å². The molecule has 5 heteroatoms. The van der Waals surface area contributed by atoms with E-state index in [1.54, 1.807) is 6.07 Å². The van der Waals surface area contributed by atoms with E-state index in [-0.39, 0.29) is 11.8 Å². The topological polar surface area (TPSA) is 55.4 Å². The predicted octanol–water partition coefficient (Wildman–Crippen LogP) is 2.31. The van der Waals surface area contributed by atoms with Crippen LogP contribution >= 0.6 is 0 Å². The molecule has 2 aliphatic carbocycles. The first-order valence-corrected chi connectivity index (χ1v) is 9.82. The van der Waals surface area contributed by atoms with Gasteiger partial charge in [0.1, 0.15) is 0 Å². The molecule has 0 amide bonds. The Bertz CT molecular complexity index is 658. The zero-order valence-corrected chi connectivity index (χ0v) is 13.7. The zero-order valence-electron chi connectivity index (χ0n) is 12.9. The molecule has 1 N–H and O–H groups in total. The van der Waals surface area contributed by atoms with Gasteiger partial charge in [-0.25, -0.2) is 8.42 Å². The second-order valence-corrected chi connectivity index (χ2v) is 9.06. The van der Waals surface area contributed by atoms with E-state index in [9.17, 15) is 8.42 Å². The number of hydrogen-bond acceptors (Lipinski definition) is 4. The molecule has 120 valence electrons. The van der Waals surface area contributed by atoms with Crippen molar-refractivity contribution in [2.75, 3.05) is 12.9 Å². The molecule has 4 rings (SSSR count). The van der Waals surface area contributed by atoms with Crippen LogP contribution in [0.5, 0.6) is 0 Å². The first-order chi connectivity index (χ1) is 10.6. The van der Waals surface area contributed by atoms with Gasteiger partial charge in [0.25, 0.3) is 0 Å². The third-order valence-corrected chi connectivity index (χ3v) is 7.57. The number of methoxy groups -OCH3 is 1. The molecule has 4 nitrogen and oxygen atoms in total. The van der Waals surface area contributed by atoms with Gasteiger partial charge in [-0.05, 0) is 49.1 Å². The van der Waals surface area contributed by atoms with Crippen molar-refractivity contribution in [2.45, 2.75) is 48.8 Å². The SMILES string of the molecule is COC1C[C@H]2CC(NC3CS(=O)(=O)c4ccccc43)C[C@H]2C1. The fraction of sp³-hybridized carbons (Fsp3) is 0.647. The van der Waals surface area contributed by atoms with Crippen LogP contribution in [0, 0.1) is 11.8 Å². The van der Waals surface area contributed by atoms with Crippen molar-refractivity contribution in [3.8, 4) is 0 Å². The quantitative estimate of drug-likeness (QED) is 0.928. The summed E-state index contributed by atoms with van der Waals surface area (Å²) in [7, 11) is -1.30. The minimum atomic E-state index is -3.11. The van der Waals surface area contributed by atoms with Gasteiger partial charge in [0.05, 0.1) is 16.8 Å². The Hall–Kier alpha value is -0.910. The Morgan fingerprint density at radius 2 is 1.77 bits per heavy atom. The largest absolute Gasteiger partial charge is 0.381 e. The van der Waals surface area contributed by atoms with Gasteiger partial charge in [0.15, 0.2) is 9.84 Å². The fourth-order valence-electron chi connectivity index (χ4n) is 4.76. The molecule has 1 aromatic rings. The van der Waals surface area contributed by atoms with Crippen molar-refractivity contribution < 1.29 is 13.2 Å². The molecule has 0 saturated heterocycles. The molecule has 3 aliphatic rings. The lowest BCUT2D eigenvalue weighted by Gasteiger charge is -2.20. The van der Waals surface area contributed by atoms with E-state index in [1.165, 1.54) is 12.8 Å². The summed E-state index contributed by atoms with van der Waals surface area (Å²) in [6, 6.07) is 7.83. The van der Waals surface area contributed by atoms with E-state index in [0.29, 0.717) is 17.0 Å². The Kier molecular flexibility index (Phi) is 3.55. The average molecular weight is 321 g/mol. The van der Waals surface area contributed by atoms with Crippen LogP contribution in [0.3, 0.4) is 0 Å². The lowest BCUT2D eigenvalue weighted by atomic mass is 10.0. The van der Waals surface area contributed by atoms with Gasteiger partial charge in [-0.15, -0.1) is 0 Å². The maximum absolute atomic E-state index is 12.3. The molecule has 0 bridgehead atoms. The molecule has 1 heterocycles. The summed E-state index contributed by atoms with van der Waals surface area (Å²) in [5, 5.41) is 3.63. The summed E-state index contributed by atoms with van der Waals surface area (Å²) in [6.45, 7) is 0. The highest BCUT2D eigenvalue weighted by Gasteiger charge is 2.43. The number of ether oxygens (including phenoxy) is 1. The summed E-state index contributed by atoms with van der Waals surface area (Å²) >= 11 is 0. The molecule has 2 fully saturated rings. The summed E-state index contributed by atoms with van der Waals surface area (Å²) < 4.78 is 30.0. The van der Waals surface area contributed by atoms with Crippen molar-refractivity contribution in [3.05, 3.63) is 29.8 Å². The Balaban J connectivity index is 1.46. The van der Waals surface area contributed by atoms with E-state index in [2.05, 4.69) is 5.32 Å². The van der Waals surface area contributed by atoms with Gasteiger partial charge in [0, 0.05) is 19.2 Å². The molecule has 2 saturated carbocycles. The molecular weight excluding hydrogens is 298 g/mol. The summed E-state index contributed by atoms with van der Waals surface area (Å²) in [6.07, 6.45) is 5.08. The monoisotopic (exact) mass is 321 g/mol. The summed E-state index contributed by atoms with van der Waals surface area (Å²) in [5.41, 5.74) is 0.953. The van der Waals surface area contributed by atoms with Crippen LogP contribution < -0.4 is 5.32 Å². The minimum Gasteiger partial charge on any atom is -0.381 e. The number of hydrogen-bond donors (Lipinski definition) is 1. The molecule has 0 aromatic heterocycles. The minimum absolute atomic E-state index is 0.0387. The predicted molar refractivity (Wildman–Crippen MR) is 84.4 cm³/mol. The standard InChI is InChI=1S/C17H23NO3S/c1-21-14-8-11-6-13(7-12(11)9-14)18-16-10-22(19,20)17-5-3-2-4-15(16)17/h2-5,11-14,16,18H,6-10H2,1H3/t11-,12+,13?,14?,16?. The highest BCUT2D eigenvalue weighted by Crippen LogP contribution is 2.46. The molecule has 0 spiro atoms. The normalized spacial score (nSPS) is 38.9. The van der Waals surface area contributed by atoms with E-state index >= 15 is 0 Å². The van der Waals surface area contributed by atoms with E-state index in [1.807, 2.05) is 25.3 Å². The molecule has 22 heavy (non-hydrogen) atoms. The van der Waals surface area contributed by atoms with Crippen LogP contribution in [0.1, 0.15) is 37.3 Å². The van der Waals surface area contributed by atoms with Crippen molar-refractivity contribution >= 4 is 9.84 Å². The van der Waals surface area contributed by atoms with Crippen molar-refractivity contribution in [3.63, 3.8) is 0 Å². The van der Waals surface area contributed by atoms with Crippen LogP contribution in [0.4, 0.5) is 0 Å². The zero-order chi connectivity index (χ0) is 15.3. The second-order valence-electron chi connectivity index (χ2n) is 7.06. The first kappa shape index (κ1) is 14.7. The number of fused-ring (bicyclic) bond motifs is 2. The second kappa shape index (κ2) is 5.32. The van der Waals surface area contributed by atoms with Crippen molar-refractivity contribution in [1.82, 2.24) is 5.32 Å². The van der Waals surface area contributed by atoms with E-state index < -0.39 is 9.84 Å². The van der Waals surface area contributed by atoms with Gasteiger partial charge in [-0.1, -0.05) is 18.2 Å².